The highest BCUT2D eigenvalue weighted by Crippen LogP contribution is 2.29. The molecule has 0 saturated carbocycles. The first-order valence-electron chi connectivity index (χ1n) is 11.6. The molecule has 2 aromatic carbocycles. The zero-order valence-electron chi connectivity index (χ0n) is 20.4. The first-order valence-corrected chi connectivity index (χ1v) is 11.6. The first-order chi connectivity index (χ1) is 17.9. The molecule has 1 aliphatic heterocycles. The molecule has 10 heteroatoms. The van der Waals surface area contributed by atoms with E-state index in [0.717, 1.165) is 42.3 Å². The Morgan fingerprint density at radius 3 is 2.08 bits per heavy atom. The number of carboxylic acid groups (broad SMARTS) is 2. The highest BCUT2D eigenvalue weighted by Gasteiger charge is 2.22. The molecule has 0 radical (unpaired) electrons. The number of carbonyl (C=O) groups is 3. The molecule has 0 bridgehead atoms. The largest absolute Gasteiger partial charge is 0.493 e. The van der Waals surface area contributed by atoms with Gasteiger partial charge in [0.15, 0.2) is 11.5 Å². The second-order valence-corrected chi connectivity index (χ2v) is 8.17. The summed E-state index contributed by atoms with van der Waals surface area (Å²) in [6, 6.07) is 19.7. The summed E-state index contributed by atoms with van der Waals surface area (Å²) in [5.74, 6) is -2.10. The Morgan fingerprint density at radius 2 is 1.49 bits per heavy atom. The van der Waals surface area contributed by atoms with Crippen LogP contribution in [0.15, 0.2) is 73.1 Å². The van der Waals surface area contributed by atoms with Gasteiger partial charge in [-0.05, 0) is 35.4 Å². The molecule has 1 saturated heterocycles. The van der Waals surface area contributed by atoms with Crippen LogP contribution in [0.25, 0.3) is 0 Å². The maximum absolute atomic E-state index is 12.6. The number of nitrogens with zero attached hydrogens (tertiary/aromatic N) is 3. The van der Waals surface area contributed by atoms with E-state index in [1.807, 2.05) is 41.3 Å². The average molecular weight is 508 g/mol. The summed E-state index contributed by atoms with van der Waals surface area (Å²) >= 11 is 0. The third kappa shape index (κ3) is 8.32. The van der Waals surface area contributed by atoms with Crippen molar-refractivity contribution in [3.8, 4) is 11.5 Å². The zero-order valence-corrected chi connectivity index (χ0v) is 20.4. The molecule has 1 aliphatic rings. The first kappa shape index (κ1) is 27.2. The third-order valence-corrected chi connectivity index (χ3v) is 5.64. The number of piperazine rings is 1. The molecule has 37 heavy (non-hydrogen) atoms. The van der Waals surface area contributed by atoms with Gasteiger partial charge >= 0.3 is 11.9 Å². The molecule has 10 nitrogen and oxygen atoms in total. The van der Waals surface area contributed by atoms with Gasteiger partial charge in [0.25, 0.3) is 5.91 Å². The fraction of sp³-hybridized carbons (Fsp3) is 0.259. The Hall–Kier alpha value is -4.44. The van der Waals surface area contributed by atoms with Gasteiger partial charge in [0, 0.05) is 50.7 Å². The molecule has 2 N–H and O–H groups in total. The number of ether oxygens (including phenoxy) is 2. The number of aliphatic carboxylic acids is 2. The molecule has 1 aromatic heterocycles. The maximum atomic E-state index is 12.6. The summed E-state index contributed by atoms with van der Waals surface area (Å²) in [5.41, 5.74) is 2.97. The van der Waals surface area contributed by atoms with E-state index < -0.39 is 11.9 Å². The molecule has 0 spiro atoms. The van der Waals surface area contributed by atoms with Crippen LogP contribution in [-0.2, 0) is 22.7 Å². The second kappa shape index (κ2) is 13.6. The van der Waals surface area contributed by atoms with Crippen LogP contribution in [-0.4, -0.2) is 76.1 Å². The number of hydrogen-bond acceptors (Lipinski definition) is 7. The standard InChI is InChI=1S/C25H27N3O3.C2H2O4/c1-30-23-8-7-21(17-24(23)31-19-20-5-3-2-4-6-20)18-27-13-15-28(16-14-27)25(29)22-9-11-26-12-10-22;3-1(4)2(5)6/h2-12,17H,13-16,18-19H2,1H3;(H,3,4)(H,5,6). The van der Waals surface area contributed by atoms with E-state index in [0.29, 0.717) is 25.3 Å². The quantitative estimate of drug-likeness (QED) is 0.464. The summed E-state index contributed by atoms with van der Waals surface area (Å²) in [5, 5.41) is 14.8. The Morgan fingerprint density at radius 1 is 0.838 bits per heavy atom. The maximum Gasteiger partial charge on any atom is 0.414 e. The molecule has 1 fully saturated rings. The number of pyridine rings is 1. The lowest BCUT2D eigenvalue weighted by Crippen LogP contribution is -2.48. The predicted octanol–water partition coefficient (Wildman–Crippen LogP) is 2.78. The van der Waals surface area contributed by atoms with Crippen LogP contribution < -0.4 is 9.47 Å². The molecular formula is C27H29N3O7. The Kier molecular flexibility index (Phi) is 9.98. The monoisotopic (exact) mass is 507 g/mol. The minimum atomic E-state index is -1.82. The summed E-state index contributed by atoms with van der Waals surface area (Å²) in [6.07, 6.45) is 3.31. The zero-order chi connectivity index (χ0) is 26.6. The molecule has 0 atom stereocenters. The molecule has 3 aromatic rings. The number of hydrogen-bond donors (Lipinski definition) is 2. The van der Waals surface area contributed by atoms with Gasteiger partial charge in [-0.2, -0.15) is 0 Å². The van der Waals surface area contributed by atoms with E-state index in [1.54, 1.807) is 31.6 Å². The normalized spacial score (nSPS) is 13.2. The molecular weight excluding hydrogens is 478 g/mol. The molecule has 194 valence electrons. The molecule has 0 unspecified atom stereocenters. The fourth-order valence-electron chi connectivity index (χ4n) is 3.71. The van der Waals surface area contributed by atoms with E-state index in [-0.39, 0.29) is 5.91 Å². The highest BCUT2D eigenvalue weighted by atomic mass is 16.5. The van der Waals surface area contributed by atoms with Crippen LogP contribution in [0.1, 0.15) is 21.5 Å². The van der Waals surface area contributed by atoms with Gasteiger partial charge in [0.2, 0.25) is 0 Å². The van der Waals surface area contributed by atoms with Crippen molar-refractivity contribution in [1.29, 1.82) is 0 Å². The van der Waals surface area contributed by atoms with Crippen molar-refractivity contribution >= 4 is 17.8 Å². The topological polar surface area (TPSA) is 130 Å². The molecule has 1 amide bonds. The van der Waals surface area contributed by atoms with E-state index in [1.165, 1.54) is 0 Å². The number of benzene rings is 2. The van der Waals surface area contributed by atoms with Gasteiger partial charge in [0.1, 0.15) is 6.61 Å². The van der Waals surface area contributed by atoms with Crippen molar-refractivity contribution in [1.82, 2.24) is 14.8 Å². The van der Waals surface area contributed by atoms with Gasteiger partial charge in [-0.3, -0.25) is 14.7 Å². The lowest BCUT2D eigenvalue weighted by Gasteiger charge is -2.34. The van der Waals surface area contributed by atoms with Crippen LogP contribution in [0, 0.1) is 0 Å². The third-order valence-electron chi connectivity index (χ3n) is 5.64. The van der Waals surface area contributed by atoms with E-state index in [9.17, 15) is 4.79 Å². The summed E-state index contributed by atoms with van der Waals surface area (Å²) in [6.45, 7) is 4.41. The van der Waals surface area contributed by atoms with Gasteiger partial charge in [-0.1, -0.05) is 36.4 Å². The van der Waals surface area contributed by atoms with Crippen LogP contribution in [0.5, 0.6) is 11.5 Å². The fourth-order valence-corrected chi connectivity index (χ4v) is 3.71. The number of carbonyl (C=O) groups excluding carboxylic acids is 1. The van der Waals surface area contributed by atoms with Crippen LogP contribution >= 0.6 is 0 Å². The van der Waals surface area contributed by atoms with Crippen LogP contribution in [0.2, 0.25) is 0 Å². The highest BCUT2D eigenvalue weighted by molar-refractivity contribution is 6.27. The molecule has 0 aliphatic carbocycles. The number of amides is 1. The van der Waals surface area contributed by atoms with Crippen LogP contribution in [0.3, 0.4) is 0 Å². The van der Waals surface area contributed by atoms with Crippen molar-refractivity contribution in [2.45, 2.75) is 13.2 Å². The lowest BCUT2D eigenvalue weighted by molar-refractivity contribution is -0.159. The minimum absolute atomic E-state index is 0.0723. The Bertz CT molecular complexity index is 1170. The SMILES string of the molecule is COc1ccc(CN2CCN(C(=O)c3ccncc3)CC2)cc1OCc1ccccc1.O=C(O)C(=O)O. The van der Waals surface area contributed by atoms with E-state index in [4.69, 9.17) is 29.3 Å². The van der Waals surface area contributed by atoms with Crippen molar-refractivity contribution in [2.75, 3.05) is 33.3 Å². The lowest BCUT2D eigenvalue weighted by atomic mass is 10.1. The minimum Gasteiger partial charge on any atom is -0.493 e. The van der Waals surface area contributed by atoms with Gasteiger partial charge in [0.05, 0.1) is 7.11 Å². The van der Waals surface area contributed by atoms with Crippen molar-refractivity contribution in [2.24, 2.45) is 0 Å². The van der Waals surface area contributed by atoms with Gasteiger partial charge < -0.3 is 24.6 Å². The second-order valence-electron chi connectivity index (χ2n) is 8.17. The van der Waals surface area contributed by atoms with Crippen molar-refractivity contribution in [3.05, 3.63) is 89.7 Å². The Balaban J connectivity index is 0.000000568. The smallest absolute Gasteiger partial charge is 0.414 e. The summed E-state index contributed by atoms with van der Waals surface area (Å²) < 4.78 is 11.5. The van der Waals surface area contributed by atoms with Crippen molar-refractivity contribution in [3.63, 3.8) is 0 Å². The number of aromatic nitrogens is 1. The number of carboxylic acids is 2. The van der Waals surface area contributed by atoms with E-state index >= 15 is 0 Å². The Labute approximate surface area is 214 Å². The van der Waals surface area contributed by atoms with Gasteiger partial charge in [-0.25, -0.2) is 9.59 Å². The van der Waals surface area contributed by atoms with Crippen molar-refractivity contribution < 1.29 is 34.1 Å². The summed E-state index contributed by atoms with van der Waals surface area (Å²) in [7, 11) is 1.66. The average Bonchev–Trinajstić information content (AvgIpc) is 2.93. The molecule has 4 rings (SSSR count). The van der Waals surface area contributed by atoms with Gasteiger partial charge in [-0.15, -0.1) is 0 Å². The predicted molar refractivity (Wildman–Crippen MR) is 134 cm³/mol. The molecule has 2 heterocycles. The van der Waals surface area contributed by atoms with E-state index in [2.05, 4.69) is 22.0 Å². The van der Waals surface area contributed by atoms with Crippen LogP contribution in [0.4, 0.5) is 0 Å². The number of rotatable bonds is 7. The number of methoxy groups -OCH3 is 1. The summed E-state index contributed by atoms with van der Waals surface area (Å²) in [4.78, 5) is 39.1.